The SMILES string of the molecule is CCCCCCCCCCC=CC1CC(=O)N(C)C1=O. The van der Waals surface area contributed by atoms with Gasteiger partial charge in [-0.1, -0.05) is 64.0 Å². The van der Waals surface area contributed by atoms with E-state index in [2.05, 4.69) is 13.0 Å². The second-order valence-corrected chi connectivity index (χ2v) is 5.79. The van der Waals surface area contributed by atoms with Gasteiger partial charge in [0.25, 0.3) is 0 Å². The van der Waals surface area contributed by atoms with Gasteiger partial charge in [-0.2, -0.15) is 0 Å². The zero-order valence-electron chi connectivity index (χ0n) is 13.1. The summed E-state index contributed by atoms with van der Waals surface area (Å²) < 4.78 is 0. The largest absolute Gasteiger partial charge is 0.285 e. The molecule has 20 heavy (non-hydrogen) atoms. The van der Waals surface area contributed by atoms with Crippen molar-refractivity contribution >= 4 is 11.8 Å². The van der Waals surface area contributed by atoms with Crippen LogP contribution in [0.1, 0.15) is 71.1 Å². The molecule has 0 N–H and O–H groups in total. The van der Waals surface area contributed by atoms with E-state index in [0.717, 1.165) is 6.42 Å². The van der Waals surface area contributed by atoms with E-state index in [1.165, 1.54) is 56.3 Å². The van der Waals surface area contributed by atoms with Crippen LogP contribution in [0.25, 0.3) is 0 Å². The number of likely N-dealkylation sites (tertiary alicyclic amines) is 1. The first-order valence-corrected chi connectivity index (χ1v) is 8.14. The monoisotopic (exact) mass is 279 g/mol. The lowest BCUT2D eigenvalue weighted by molar-refractivity contribution is -0.137. The topological polar surface area (TPSA) is 37.4 Å². The zero-order valence-corrected chi connectivity index (χ0v) is 13.1. The molecule has 1 heterocycles. The molecule has 0 aromatic heterocycles. The van der Waals surface area contributed by atoms with Gasteiger partial charge in [0.1, 0.15) is 0 Å². The molecule has 1 saturated heterocycles. The molecule has 3 heteroatoms. The van der Waals surface area contributed by atoms with E-state index in [1.807, 2.05) is 6.08 Å². The molecule has 0 saturated carbocycles. The molecule has 1 aliphatic rings. The molecule has 0 bridgehead atoms. The first-order chi connectivity index (χ1) is 9.66. The fourth-order valence-corrected chi connectivity index (χ4v) is 2.59. The van der Waals surface area contributed by atoms with Crippen molar-refractivity contribution in [1.29, 1.82) is 0 Å². The van der Waals surface area contributed by atoms with Gasteiger partial charge < -0.3 is 0 Å². The highest BCUT2D eigenvalue weighted by atomic mass is 16.2. The number of rotatable bonds is 10. The van der Waals surface area contributed by atoms with Crippen LogP contribution in [0.4, 0.5) is 0 Å². The lowest BCUT2D eigenvalue weighted by atomic mass is 10.0. The van der Waals surface area contributed by atoms with Gasteiger partial charge in [-0.15, -0.1) is 0 Å². The third-order valence-corrected chi connectivity index (χ3v) is 4.01. The number of hydrogen-bond donors (Lipinski definition) is 0. The van der Waals surface area contributed by atoms with Crippen LogP contribution in [-0.4, -0.2) is 23.8 Å². The fraction of sp³-hybridized carbons (Fsp3) is 0.765. The molecular formula is C17H29NO2. The van der Waals surface area contributed by atoms with Crippen LogP contribution < -0.4 is 0 Å². The van der Waals surface area contributed by atoms with Crippen LogP contribution in [0.2, 0.25) is 0 Å². The molecule has 1 atom stereocenters. The average molecular weight is 279 g/mol. The Morgan fingerprint density at radius 3 is 2.20 bits per heavy atom. The smallest absolute Gasteiger partial charge is 0.236 e. The number of amides is 2. The van der Waals surface area contributed by atoms with Crippen molar-refractivity contribution in [1.82, 2.24) is 4.90 Å². The van der Waals surface area contributed by atoms with E-state index in [1.54, 1.807) is 7.05 Å². The van der Waals surface area contributed by atoms with Crippen molar-refractivity contribution in [2.75, 3.05) is 7.05 Å². The maximum Gasteiger partial charge on any atom is 0.236 e. The second kappa shape index (κ2) is 9.73. The molecule has 0 spiro atoms. The quantitative estimate of drug-likeness (QED) is 0.343. The maximum absolute atomic E-state index is 11.7. The molecule has 1 unspecified atom stereocenters. The van der Waals surface area contributed by atoms with Crippen LogP contribution >= 0.6 is 0 Å². The average Bonchev–Trinajstić information content (AvgIpc) is 2.68. The molecule has 0 aliphatic carbocycles. The van der Waals surface area contributed by atoms with Crippen LogP contribution in [-0.2, 0) is 9.59 Å². The molecule has 0 aromatic carbocycles. The standard InChI is InChI=1S/C17H29NO2/c1-3-4-5-6-7-8-9-10-11-12-13-15-14-16(19)18(2)17(15)20/h12-13,15H,3-11,14H2,1-2H3. The van der Waals surface area contributed by atoms with Crippen molar-refractivity contribution in [2.24, 2.45) is 5.92 Å². The van der Waals surface area contributed by atoms with Crippen LogP contribution in [0.5, 0.6) is 0 Å². The minimum Gasteiger partial charge on any atom is -0.285 e. The van der Waals surface area contributed by atoms with Gasteiger partial charge in [0.05, 0.1) is 5.92 Å². The summed E-state index contributed by atoms with van der Waals surface area (Å²) in [5.41, 5.74) is 0. The van der Waals surface area contributed by atoms with Gasteiger partial charge in [-0.3, -0.25) is 14.5 Å². The summed E-state index contributed by atoms with van der Waals surface area (Å²) >= 11 is 0. The normalized spacial score (nSPS) is 19.5. The Hall–Kier alpha value is -1.12. The number of unbranched alkanes of at least 4 members (excludes halogenated alkanes) is 8. The fourth-order valence-electron chi connectivity index (χ4n) is 2.59. The molecule has 1 rings (SSSR count). The molecule has 0 radical (unpaired) electrons. The van der Waals surface area contributed by atoms with E-state index >= 15 is 0 Å². The summed E-state index contributed by atoms with van der Waals surface area (Å²) in [5.74, 6) is -0.319. The van der Waals surface area contributed by atoms with Crippen LogP contribution in [0.15, 0.2) is 12.2 Å². The minimum atomic E-state index is -0.207. The van der Waals surface area contributed by atoms with Gasteiger partial charge in [0, 0.05) is 13.5 Å². The van der Waals surface area contributed by atoms with Gasteiger partial charge in [-0.25, -0.2) is 0 Å². The second-order valence-electron chi connectivity index (χ2n) is 5.79. The molecule has 0 aromatic rings. The predicted molar refractivity (Wildman–Crippen MR) is 82.3 cm³/mol. The van der Waals surface area contributed by atoms with Gasteiger partial charge in [0.2, 0.25) is 11.8 Å². The maximum atomic E-state index is 11.7. The Kier molecular flexibility index (Phi) is 8.24. The molecule has 2 amide bonds. The number of hydrogen-bond acceptors (Lipinski definition) is 2. The highest BCUT2D eigenvalue weighted by Crippen LogP contribution is 2.19. The first kappa shape index (κ1) is 16.9. The predicted octanol–water partition coefficient (Wildman–Crippen LogP) is 4.08. The van der Waals surface area contributed by atoms with Crippen molar-refractivity contribution in [3.05, 3.63) is 12.2 Å². The Balaban J connectivity index is 2.00. The Morgan fingerprint density at radius 1 is 1.05 bits per heavy atom. The Labute approximate surface area is 123 Å². The summed E-state index contributed by atoms with van der Waals surface area (Å²) in [6, 6.07) is 0. The van der Waals surface area contributed by atoms with E-state index in [-0.39, 0.29) is 17.7 Å². The van der Waals surface area contributed by atoms with Crippen molar-refractivity contribution in [3.8, 4) is 0 Å². The minimum absolute atomic E-state index is 0.0535. The summed E-state index contributed by atoms with van der Waals surface area (Å²) in [7, 11) is 1.57. The van der Waals surface area contributed by atoms with Crippen LogP contribution in [0, 0.1) is 5.92 Å². The number of allylic oxidation sites excluding steroid dienone is 1. The molecule has 3 nitrogen and oxygen atoms in total. The van der Waals surface area contributed by atoms with Gasteiger partial charge in [0.15, 0.2) is 0 Å². The van der Waals surface area contributed by atoms with Gasteiger partial charge in [-0.05, 0) is 12.8 Å². The molecule has 114 valence electrons. The summed E-state index contributed by atoms with van der Waals surface area (Å²) in [6.07, 6.45) is 15.9. The number of nitrogens with zero attached hydrogens (tertiary/aromatic N) is 1. The van der Waals surface area contributed by atoms with Crippen molar-refractivity contribution in [3.63, 3.8) is 0 Å². The van der Waals surface area contributed by atoms with Crippen molar-refractivity contribution in [2.45, 2.75) is 71.1 Å². The number of imide groups is 1. The molecule has 1 aliphatic heterocycles. The molecular weight excluding hydrogens is 250 g/mol. The number of carbonyl (C=O) groups excluding carboxylic acids is 2. The summed E-state index contributed by atoms with van der Waals surface area (Å²) in [4.78, 5) is 24.3. The van der Waals surface area contributed by atoms with Crippen molar-refractivity contribution < 1.29 is 9.59 Å². The molecule has 1 fully saturated rings. The van der Waals surface area contributed by atoms with E-state index in [4.69, 9.17) is 0 Å². The number of carbonyl (C=O) groups is 2. The summed E-state index contributed by atoms with van der Waals surface area (Å²) in [5, 5.41) is 0. The van der Waals surface area contributed by atoms with E-state index in [0.29, 0.717) is 6.42 Å². The Bertz CT molecular complexity index is 336. The van der Waals surface area contributed by atoms with E-state index in [9.17, 15) is 9.59 Å². The lowest BCUT2D eigenvalue weighted by Crippen LogP contribution is -2.25. The summed E-state index contributed by atoms with van der Waals surface area (Å²) in [6.45, 7) is 2.24. The zero-order chi connectivity index (χ0) is 14.8. The Morgan fingerprint density at radius 2 is 1.65 bits per heavy atom. The third-order valence-electron chi connectivity index (χ3n) is 4.01. The van der Waals surface area contributed by atoms with E-state index < -0.39 is 0 Å². The first-order valence-electron chi connectivity index (χ1n) is 8.14. The van der Waals surface area contributed by atoms with Gasteiger partial charge >= 0.3 is 0 Å². The highest BCUT2D eigenvalue weighted by molar-refractivity contribution is 6.04. The lowest BCUT2D eigenvalue weighted by Gasteiger charge is -2.04. The van der Waals surface area contributed by atoms with Crippen LogP contribution in [0.3, 0.4) is 0 Å². The highest BCUT2D eigenvalue weighted by Gasteiger charge is 2.33. The third kappa shape index (κ3) is 5.89.